The van der Waals surface area contributed by atoms with Crippen LogP contribution in [-0.2, 0) is 28.9 Å². The fourth-order valence-corrected chi connectivity index (χ4v) is 7.67. The summed E-state index contributed by atoms with van der Waals surface area (Å²) in [7, 11) is -5.11. The standard InChI is InChI=1S/C44H83NO12S/c1-3-5-7-9-11-13-14-15-16-17-18-19-20-21-22-23-25-27-29-31-33-38(48)43(51)45-36(37(47)32-30-28-26-24-12-10-8-6-4-2)35-55-44-41(50)42(57-58(52,53)54)40(49)39(34-46)56-44/h19-20,30,32,36-42,44,46-50H,3-18,21-29,31,33-35H2,1-2H3,(H,45,51)(H,52,53,54)/b20-19-,32-30+. The summed E-state index contributed by atoms with van der Waals surface area (Å²) >= 11 is 0. The van der Waals surface area contributed by atoms with Crippen LogP contribution in [0.15, 0.2) is 24.3 Å². The first-order chi connectivity index (χ1) is 27.9. The number of nitrogens with one attached hydrogen (secondary N) is 1. The van der Waals surface area contributed by atoms with E-state index in [2.05, 4.69) is 35.5 Å². The minimum Gasteiger partial charge on any atom is -0.394 e. The van der Waals surface area contributed by atoms with Gasteiger partial charge in [-0.25, -0.2) is 4.18 Å². The Balaban J connectivity index is 2.50. The maximum Gasteiger partial charge on any atom is 0.397 e. The third-order valence-electron chi connectivity index (χ3n) is 10.8. The summed E-state index contributed by atoms with van der Waals surface area (Å²) in [6, 6.07) is -1.12. The molecule has 0 radical (unpaired) electrons. The molecule has 1 heterocycles. The number of amides is 1. The van der Waals surface area contributed by atoms with Gasteiger partial charge in [-0.05, 0) is 44.9 Å². The Morgan fingerprint density at radius 3 is 1.60 bits per heavy atom. The largest absolute Gasteiger partial charge is 0.397 e. The SMILES string of the molecule is CCCCCCCCC/C=C/C(O)C(COC1OC(CO)C(O)C(OS(=O)(=O)O)C1O)NC(=O)C(O)CCCCCCCC/C=C\CCCCCCCCCCCC. The van der Waals surface area contributed by atoms with Gasteiger partial charge in [-0.1, -0.05) is 167 Å². The van der Waals surface area contributed by atoms with Crippen LogP contribution in [0.1, 0.15) is 187 Å². The van der Waals surface area contributed by atoms with Crippen LogP contribution in [0, 0.1) is 0 Å². The van der Waals surface area contributed by atoms with Gasteiger partial charge in [0.15, 0.2) is 6.29 Å². The number of carbonyl (C=O) groups is 1. The highest BCUT2D eigenvalue weighted by molar-refractivity contribution is 7.80. The summed E-state index contributed by atoms with van der Waals surface area (Å²) in [6.45, 7) is 3.17. The van der Waals surface area contributed by atoms with Crippen molar-refractivity contribution in [2.75, 3.05) is 13.2 Å². The molecule has 0 aromatic rings. The van der Waals surface area contributed by atoms with Crippen LogP contribution in [0.5, 0.6) is 0 Å². The van der Waals surface area contributed by atoms with Crippen molar-refractivity contribution in [1.82, 2.24) is 5.32 Å². The van der Waals surface area contributed by atoms with Crippen LogP contribution in [0.3, 0.4) is 0 Å². The first-order valence-electron chi connectivity index (χ1n) is 22.8. The molecule has 58 heavy (non-hydrogen) atoms. The quantitative estimate of drug-likeness (QED) is 0.0183. The van der Waals surface area contributed by atoms with E-state index in [1.807, 2.05) is 6.08 Å². The van der Waals surface area contributed by atoms with E-state index >= 15 is 0 Å². The fourth-order valence-electron chi connectivity index (χ4n) is 7.16. The third-order valence-corrected chi connectivity index (χ3v) is 11.3. The number of allylic oxidation sites excluding steroid dienone is 3. The second-order valence-electron chi connectivity index (χ2n) is 16.1. The van der Waals surface area contributed by atoms with Gasteiger partial charge in [0.2, 0.25) is 5.91 Å². The molecular formula is C44H83NO12S. The van der Waals surface area contributed by atoms with Crippen LogP contribution in [0.25, 0.3) is 0 Å². The van der Waals surface area contributed by atoms with Crippen LogP contribution in [0.4, 0.5) is 0 Å². The van der Waals surface area contributed by atoms with Gasteiger partial charge in [0.1, 0.15) is 30.5 Å². The van der Waals surface area contributed by atoms with Crippen molar-refractivity contribution in [3.8, 4) is 0 Å². The zero-order valence-electron chi connectivity index (χ0n) is 36.0. The Labute approximate surface area is 351 Å². The fraction of sp³-hybridized carbons (Fsp3) is 0.886. The lowest BCUT2D eigenvalue weighted by Gasteiger charge is -2.41. The lowest BCUT2D eigenvalue weighted by molar-refractivity contribution is -0.298. The molecule has 7 N–H and O–H groups in total. The number of hydrogen-bond acceptors (Lipinski definition) is 11. The van der Waals surface area contributed by atoms with E-state index in [9.17, 15) is 38.7 Å². The average molecular weight is 850 g/mol. The van der Waals surface area contributed by atoms with E-state index in [0.29, 0.717) is 12.8 Å². The molecule has 1 aliphatic heterocycles. The lowest BCUT2D eigenvalue weighted by atomic mass is 9.99. The normalized spacial score (nSPS) is 21.8. The van der Waals surface area contributed by atoms with Gasteiger partial charge in [0, 0.05) is 0 Å². The highest BCUT2D eigenvalue weighted by atomic mass is 32.3. The smallest absolute Gasteiger partial charge is 0.394 e. The van der Waals surface area contributed by atoms with Crippen LogP contribution in [-0.4, -0.2) is 107 Å². The molecule has 0 saturated carbocycles. The first-order valence-corrected chi connectivity index (χ1v) is 24.2. The van der Waals surface area contributed by atoms with Crippen LogP contribution in [0.2, 0.25) is 0 Å². The molecule has 0 bridgehead atoms. The van der Waals surface area contributed by atoms with E-state index in [4.69, 9.17) is 14.0 Å². The molecular weight excluding hydrogens is 767 g/mol. The van der Waals surface area contributed by atoms with E-state index in [0.717, 1.165) is 57.8 Å². The molecule has 0 spiro atoms. The molecule has 1 aliphatic rings. The zero-order valence-corrected chi connectivity index (χ0v) is 36.8. The molecule has 14 heteroatoms. The minimum absolute atomic E-state index is 0.237. The van der Waals surface area contributed by atoms with E-state index < -0.39 is 78.5 Å². The summed E-state index contributed by atoms with van der Waals surface area (Å²) < 4.78 is 47.4. The Morgan fingerprint density at radius 2 is 1.14 bits per heavy atom. The van der Waals surface area contributed by atoms with Crippen LogP contribution < -0.4 is 5.32 Å². The average Bonchev–Trinajstić information content (AvgIpc) is 3.19. The molecule has 8 atom stereocenters. The number of ether oxygens (including phenoxy) is 2. The van der Waals surface area contributed by atoms with E-state index in [-0.39, 0.29) is 6.42 Å². The molecule has 0 aromatic carbocycles. The van der Waals surface area contributed by atoms with Gasteiger partial charge in [0.25, 0.3) is 0 Å². The summed E-state index contributed by atoms with van der Waals surface area (Å²) in [5, 5.41) is 55.0. The zero-order chi connectivity index (χ0) is 42.9. The molecule has 1 saturated heterocycles. The number of rotatable bonds is 38. The second-order valence-corrected chi connectivity index (χ2v) is 17.2. The van der Waals surface area contributed by atoms with Gasteiger partial charge in [-0.3, -0.25) is 9.35 Å². The Kier molecular flexibility index (Phi) is 33.1. The predicted octanol–water partition coefficient (Wildman–Crippen LogP) is 7.52. The van der Waals surface area contributed by atoms with E-state index in [1.165, 1.54) is 102 Å². The predicted molar refractivity (Wildman–Crippen MR) is 228 cm³/mol. The van der Waals surface area contributed by atoms with Gasteiger partial charge >= 0.3 is 10.4 Å². The number of aliphatic hydroxyl groups excluding tert-OH is 5. The van der Waals surface area contributed by atoms with Crippen molar-refractivity contribution in [3.05, 3.63) is 24.3 Å². The third kappa shape index (κ3) is 27.4. The summed E-state index contributed by atoms with van der Waals surface area (Å²) in [4.78, 5) is 13.1. The van der Waals surface area contributed by atoms with Gasteiger partial charge in [0.05, 0.1) is 25.4 Å². The lowest BCUT2D eigenvalue weighted by Crippen LogP contribution is -2.61. The van der Waals surface area contributed by atoms with Crippen molar-refractivity contribution >= 4 is 16.3 Å². The van der Waals surface area contributed by atoms with Crippen molar-refractivity contribution in [3.63, 3.8) is 0 Å². The molecule has 342 valence electrons. The number of unbranched alkanes of at least 4 members (excludes halogenated alkanes) is 23. The number of hydrogen-bond donors (Lipinski definition) is 7. The highest BCUT2D eigenvalue weighted by Gasteiger charge is 2.48. The maximum absolute atomic E-state index is 13.1. The van der Waals surface area contributed by atoms with E-state index in [1.54, 1.807) is 0 Å². The number of aliphatic hydroxyl groups is 5. The van der Waals surface area contributed by atoms with Crippen molar-refractivity contribution in [2.45, 2.75) is 236 Å². The molecule has 1 fully saturated rings. The summed E-state index contributed by atoms with van der Waals surface area (Å²) in [5.41, 5.74) is 0. The minimum atomic E-state index is -5.11. The van der Waals surface area contributed by atoms with Crippen molar-refractivity contribution < 1.29 is 57.0 Å². The molecule has 13 nitrogen and oxygen atoms in total. The van der Waals surface area contributed by atoms with Crippen molar-refractivity contribution in [2.24, 2.45) is 0 Å². The summed E-state index contributed by atoms with van der Waals surface area (Å²) in [6.07, 6.45) is 27.1. The van der Waals surface area contributed by atoms with Gasteiger partial charge in [-0.15, -0.1) is 0 Å². The highest BCUT2D eigenvalue weighted by Crippen LogP contribution is 2.26. The Morgan fingerprint density at radius 1 is 0.690 bits per heavy atom. The van der Waals surface area contributed by atoms with Gasteiger partial charge in [-0.2, -0.15) is 8.42 Å². The van der Waals surface area contributed by atoms with Crippen LogP contribution >= 0.6 is 0 Å². The first kappa shape index (κ1) is 54.6. The van der Waals surface area contributed by atoms with Gasteiger partial charge < -0.3 is 40.3 Å². The maximum atomic E-state index is 13.1. The molecule has 0 aromatic heterocycles. The second kappa shape index (κ2) is 35.2. The molecule has 1 amide bonds. The molecule has 0 aliphatic carbocycles. The topological polar surface area (TPSA) is 212 Å². The number of carbonyl (C=O) groups excluding carboxylic acids is 1. The molecule has 1 rings (SSSR count). The molecule has 8 unspecified atom stereocenters. The Hall–Kier alpha value is -1.46. The monoisotopic (exact) mass is 850 g/mol. The Bertz CT molecular complexity index is 1160. The summed E-state index contributed by atoms with van der Waals surface area (Å²) in [5.74, 6) is -0.709. The van der Waals surface area contributed by atoms with Crippen molar-refractivity contribution in [1.29, 1.82) is 0 Å².